The molecule has 4 rings (SSSR count). The maximum atomic E-state index is 13.7. The Morgan fingerprint density at radius 1 is 1.23 bits per heavy atom. The Balaban J connectivity index is 1.64. The van der Waals surface area contributed by atoms with Crippen LogP contribution in [0.5, 0.6) is 0 Å². The standard InChI is InChI=1S/C20H21F3N6O/c21-20(22,23)13-8-14(28-19(30)15-2-1-5-25-15)11-29(10-13)16-4-3-12(9-24)17-18(16)27-7-6-26-17/h3-4,6-7,13-15,25H,1-2,5,8,10-11H2,(H,28,30)/t13-,14+,15-/m0/s1. The molecule has 2 saturated heterocycles. The van der Waals surface area contributed by atoms with Gasteiger partial charge in [0.25, 0.3) is 0 Å². The number of carbonyl (C=O) groups excluding carboxylic acids is 1. The molecule has 0 spiro atoms. The van der Waals surface area contributed by atoms with E-state index in [0.717, 1.165) is 13.0 Å². The highest BCUT2D eigenvalue weighted by molar-refractivity contribution is 5.92. The number of piperidine rings is 1. The van der Waals surface area contributed by atoms with Crippen molar-refractivity contribution >= 4 is 22.6 Å². The van der Waals surface area contributed by atoms with Crippen molar-refractivity contribution in [1.29, 1.82) is 5.26 Å². The molecule has 1 aromatic carbocycles. The SMILES string of the molecule is N#Cc1ccc(N2C[C@H](NC(=O)[C@@H]3CCCN3)C[C@H](C(F)(F)F)C2)c2nccnc12. The zero-order valence-electron chi connectivity index (χ0n) is 16.1. The summed E-state index contributed by atoms with van der Waals surface area (Å²) in [6.07, 6.45) is -0.112. The molecular weight excluding hydrogens is 397 g/mol. The van der Waals surface area contributed by atoms with Crippen LogP contribution in [-0.4, -0.2) is 53.8 Å². The fraction of sp³-hybridized carbons (Fsp3) is 0.500. The molecule has 2 aliphatic heterocycles. The molecule has 2 N–H and O–H groups in total. The van der Waals surface area contributed by atoms with E-state index in [0.29, 0.717) is 28.7 Å². The Bertz CT molecular complexity index is 983. The minimum absolute atomic E-state index is 0.168. The van der Waals surface area contributed by atoms with E-state index in [9.17, 15) is 23.2 Å². The van der Waals surface area contributed by atoms with E-state index >= 15 is 0 Å². The third kappa shape index (κ3) is 4.03. The number of hydrogen-bond acceptors (Lipinski definition) is 6. The summed E-state index contributed by atoms with van der Waals surface area (Å²) >= 11 is 0. The number of nitriles is 1. The fourth-order valence-corrected chi connectivity index (χ4v) is 4.24. The summed E-state index contributed by atoms with van der Waals surface area (Å²) in [7, 11) is 0. The lowest BCUT2D eigenvalue weighted by Crippen LogP contribution is -2.56. The number of alkyl halides is 3. The van der Waals surface area contributed by atoms with Gasteiger partial charge < -0.3 is 15.5 Å². The Morgan fingerprint density at radius 2 is 2.00 bits per heavy atom. The van der Waals surface area contributed by atoms with E-state index < -0.39 is 18.1 Å². The highest BCUT2D eigenvalue weighted by Gasteiger charge is 2.45. The fourth-order valence-electron chi connectivity index (χ4n) is 4.24. The predicted molar refractivity (Wildman–Crippen MR) is 104 cm³/mol. The lowest BCUT2D eigenvalue weighted by atomic mass is 9.92. The smallest absolute Gasteiger partial charge is 0.367 e. The van der Waals surface area contributed by atoms with Crippen LogP contribution in [0.2, 0.25) is 0 Å². The first-order valence-corrected chi connectivity index (χ1v) is 9.86. The number of nitrogens with one attached hydrogen (secondary N) is 2. The lowest BCUT2D eigenvalue weighted by molar-refractivity contribution is -0.178. The van der Waals surface area contributed by atoms with Gasteiger partial charge in [0.1, 0.15) is 17.1 Å². The third-order valence-electron chi connectivity index (χ3n) is 5.70. The summed E-state index contributed by atoms with van der Waals surface area (Å²) in [4.78, 5) is 22.5. The molecule has 2 aromatic rings. The van der Waals surface area contributed by atoms with Crippen molar-refractivity contribution in [1.82, 2.24) is 20.6 Å². The normalized spacial score (nSPS) is 24.6. The van der Waals surface area contributed by atoms with Gasteiger partial charge in [0.15, 0.2) is 0 Å². The van der Waals surface area contributed by atoms with Gasteiger partial charge in [-0.25, -0.2) is 0 Å². The maximum absolute atomic E-state index is 13.7. The molecule has 3 heterocycles. The van der Waals surface area contributed by atoms with Crippen LogP contribution >= 0.6 is 0 Å². The van der Waals surface area contributed by atoms with Crippen LogP contribution < -0.4 is 15.5 Å². The number of fused-ring (bicyclic) bond motifs is 1. The van der Waals surface area contributed by atoms with Gasteiger partial charge in [-0.2, -0.15) is 18.4 Å². The first-order chi connectivity index (χ1) is 14.4. The Hall–Kier alpha value is -2.93. The zero-order chi connectivity index (χ0) is 21.3. The van der Waals surface area contributed by atoms with E-state index in [-0.39, 0.29) is 31.5 Å². The van der Waals surface area contributed by atoms with Gasteiger partial charge in [0.2, 0.25) is 5.91 Å². The first-order valence-electron chi connectivity index (χ1n) is 9.86. The van der Waals surface area contributed by atoms with E-state index in [1.165, 1.54) is 12.4 Å². The summed E-state index contributed by atoms with van der Waals surface area (Å²) < 4.78 is 41.0. The minimum atomic E-state index is -4.39. The molecule has 0 saturated carbocycles. The van der Waals surface area contributed by atoms with Gasteiger partial charge >= 0.3 is 6.18 Å². The predicted octanol–water partition coefficient (Wildman–Crippen LogP) is 2.13. The maximum Gasteiger partial charge on any atom is 0.393 e. The lowest BCUT2D eigenvalue weighted by Gasteiger charge is -2.40. The molecule has 3 atom stereocenters. The van der Waals surface area contributed by atoms with Crippen LogP contribution in [0.25, 0.3) is 11.0 Å². The topological polar surface area (TPSA) is 93.9 Å². The molecule has 0 aliphatic carbocycles. The summed E-state index contributed by atoms with van der Waals surface area (Å²) in [5.74, 6) is -1.85. The van der Waals surface area contributed by atoms with Crippen LogP contribution in [0.15, 0.2) is 24.5 Å². The van der Waals surface area contributed by atoms with Crippen LogP contribution in [0.1, 0.15) is 24.8 Å². The number of rotatable bonds is 3. The molecule has 2 fully saturated rings. The van der Waals surface area contributed by atoms with Crippen molar-refractivity contribution < 1.29 is 18.0 Å². The van der Waals surface area contributed by atoms with Gasteiger partial charge in [-0.3, -0.25) is 14.8 Å². The van der Waals surface area contributed by atoms with Crippen molar-refractivity contribution in [2.24, 2.45) is 5.92 Å². The van der Waals surface area contributed by atoms with E-state index in [2.05, 4.69) is 20.6 Å². The average Bonchev–Trinajstić information content (AvgIpc) is 3.27. The quantitative estimate of drug-likeness (QED) is 0.793. The van der Waals surface area contributed by atoms with Crippen molar-refractivity contribution in [3.8, 4) is 6.07 Å². The number of halogens is 3. The number of carbonyl (C=O) groups is 1. The summed E-state index contributed by atoms with van der Waals surface area (Å²) in [6.45, 7) is 0.716. The second kappa shape index (κ2) is 8.07. The molecule has 158 valence electrons. The second-order valence-corrected chi connectivity index (χ2v) is 7.73. The van der Waals surface area contributed by atoms with Crippen molar-refractivity contribution in [3.05, 3.63) is 30.1 Å². The largest absolute Gasteiger partial charge is 0.393 e. The third-order valence-corrected chi connectivity index (χ3v) is 5.70. The van der Waals surface area contributed by atoms with Crippen LogP contribution in [-0.2, 0) is 4.79 Å². The molecule has 0 bridgehead atoms. The highest BCUT2D eigenvalue weighted by atomic mass is 19.4. The molecule has 1 aromatic heterocycles. The van der Waals surface area contributed by atoms with Crippen LogP contribution in [0.3, 0.4) is 0 Å². The molecular formula is C20H21F3N6O. The Labute approximate surface area is 171 Å². The van der Waals surface area contributed by atoms with E-state index in [1.54, 1.807) is 17.0 Å². The molecule has 1 amide bonds. The van der Waals surface area contributed by atoms with Crippen LogP contribution in [0.4, 0.5) is 18.9 Å². The number of anilines is 1. The first kappa shape index (κ1) is 20.3. The van der Waals surface area contributed by atoms with Crippen LogP contribution in [0, 0.1) is 17.2 Å². The number of hydrogen-bond donors (Lipinski definition) is 2. The number of benzene rings is 1. The molecule has 30 heavy (non-hydrogen) atoms. The molecule has 10 heteroatoms. The Morgan fingerprint density at radius 3 is 2.67 bits per heavy atom. The van der Waals surface area contributed by atoms with Crippen molar-refractivity contribution in [2.45, 2.75) is 37.5 Å². The summed E-state index contributed by atoms with van der Waals surface area (Å²) in [6, 6.07) is 4.17. The molecule has 2 aliphatic rings. The second-order valence-electron chi connectivity index (χ2n) is 7.73. The number of aromatic nitrogens is 2. The average molecular weight is 418 g/mol. The van der Waals surface area contributed by atoms with E-state index in [1.807, 2.05) is 6.07 Å². The summed E-state index contributed by atoms with van der Waals surface area (Å²) in [5.41, 5.74) is 1.51. The summed E-state index contributed by atoms with van der Waals surface area (Å²) in [5, 5.41) is 15.2. The van der Waals surface area contributed by atoms with Gasteiger partial charge in [-0.1, -0.05) is 0 Å². The number of amides is 1. The minimum Gasteiger partial charge on any atom is -0.367 e. The van der Waals surface area contributed by atoms with Crippen molar-refractivity contribution in [3.63, 3.8) is 0 Å². The van der Waals surface area contributed by atoms with Gasteiger partial charge in [-0.15, -0.1) is 0 Å². The van der Waals surface area contributed by atoms with E-state index in [4.69, 9.17) is 0 Å². The van der Waals surface area contributed by atoms with Gasteiger partial charge in [0, 0.05) is 31.5 Å². The Kier molecular flexibility index (Phi) is 5.47. The van der Waals surface area contributed by atoms with Gasteiger partial charge in [-0.05, 0) is 37.9 Å². The molecule has 0 radical (unpaired) electrons. The van der Waals surface area contributed by atoms with Gasteiger partial charge in [0.05, 0.1) is 23.2 Å². The highest BCUT2D eigenvalue weighted by Crippen LogP contribution is 2.37. The molecule has 0 unspecified atom stereocenters. The van der Waals surface area contributed by atoms with Crippen molar-refractivity contribution in [2.75, 3.05) is 24.5 Å². The molecule has 7 nitrogen and oxygen atoms in total. The zero-order valence-corrected chi connectivity index (χ0v) is 16.1. The monoisotopic (exact) mass is 418 g/mol. The number of nitrogens with zero attached hydrogens (tertiary/aromatic N) is 4.